The second kappa shape index (κ2) is 5.49. The molecule has 7 heteroatoms. The molecule has 94 valence electrons. The zero-order valence-electron chi connectivity index (χ0n) is 9.39. The van der Waals surface area contributed by atoms with E-state index >= 15 is 0 Å². The van der Waals surface area contributed by atoms with Gasteiger partial charge in [-0.25, -0.2) is 13.1 Å². The molecule has 0 aromatic heterocycles. The van der Waals surface area contributed by atoms with Gasteiger partial charge in [-0.15, -0.1) is 0 Å². The zero-order valence-corrected chi connectivity index (χ0v) is 10.2. The summed E-state index contributed by atoms with van der Waals surface area (Å²) in [6, 6.07) is -0.549. The maximum atomic E-state index is 11.6. The molecule has 6 nitrogen and oxygen atoms in total. The Bertz CT molecular complexity index is 349. The summed E-state index contributed by atoms with van der Waals surface area (Å²) in [5.41, 5.74) is 5.47. The van der Waals surface area contributed by atoms with Crippen molar-refractivity contribution in [1.82, 2.24) is 4.72 Å². The van der Waals surface area contributed by atoms with E-state index in [0.29, 0.717) is 6.42 Å². The highest BCUT2D eigenvalue weighted by Crippen LogP contribution is 2.33. The number of oxime groups is 1. The van der Waals surface area contributed by atoms with Gasteiger partial charge in [0.05, 0.1) is 11.8 Å². The Balaban J connectivity index is 2.61. The number of nitrogens with zero attached hydrogens (tertiary/aromatic N) is 1. The summed E-state index contributed by atoms with van der Waals surface area (Å²) in [5.74, 6) is 0.209. The highest BCUT2D eigenvalue weighted by Gasteiger charge is 2.36. The number of hydrogen-bond donors (Lipinski definition) is 3. The van der Waals surface area contributed by atoms with Gasteiger partial charge in [0.1, 0.15) is 0 Å². The quantitative estimate of drug-likeness (QED) is 0.260. The Morgan fingerprint density at radius 3 is 2.69 bits per heavy atom. The van der Waals surface area contributed by atoms with Crippen LogP contribution < -0.4 is 10.5 Å². The van der Waals surface area contributed by atoms with Crippen molar-refractivity contribution in [3.63, 3.8) is 0 Å². The first kappa shape index (κ1) is 13.2. The average Bonchev–Trinajstić information content (AvgIpc) is 3.06. The highest BCUT2D eigenvalue weighted by atomic mass is 32.2. The SMILES string of the molecule is CCCCS(=O)(=O)NC(C(N)=NO)C1CC1. The van der Waals surface area contributed by atoms with Crippen LogP contribution in [0.3, 0.4) is 0 Å². The second-order valence-electron chi connectivity index (χ2n) is 4.13. The maximum absolute atomic E-state index is 11.6. The summed E-state index contributed by atoms with van der Waals surface area (Å²) in [6.07, 6.45) is 3.26. The Labute approximate surface area is 95.9 Å². The van der Waals surface area contributed by atoms with Crippen molar-refractivity contribution >= 4 is 15.9 Å². The van der Waals surface area contributed by atoms with E-state index in [-0.39, 0.29) is 17.5 Å². The normalized spacial score (nSPS) is 19.7. The van der Waals surface area contributed by atoms with E-state index < -0.39 is 16.1 Å². The van der Waals surface area contributed by atoms with Crippen molar-refractivity contribution in [2.24, 2.45) is 16.8 Å². The van der Waals surface area contributed by atoms with Crippen LogP contribution in [0.15, 0.2) is 5.16 Å². The van der Waals surface area contributed by atoms with Crippen LogP contribution >= 0.6 is 0 Å². The first-order chi connectivity index (χ1) is 7.50. The molecule has 16 heavy (non-hydrogen) atoms. The fourth-order valence-corrected chi connectivity index (χ4v) is 2.96. The molecule has 0 saturated heterocycles. The number of sulfonamides is 1. The van der Waals surface area contributed by atoms with Crippen LogP contribution in [0.1, 0.15) is 32.6 Å². The number of nitrogens with one attached hydrogen (secondary N) is 1. The first-order valence-corrected chi connectivity index (χ1v) is 7.12. The zero-order chi connectivity index (χ0) is 12.2. The molecular weight excluding hydrogens is 230 g/mol. The van der Waals surface area contributed by atoms with Crippen LogP contribution in [-0.2, 0) is 10.0 Å². The molecule has 0 aromatic rings. The summed E-state index contributed by atoms with van der Waals surface area (Å²) < 4.78 is 25.8. The standard InChI is InChI=1S/C9H19N3O3S/c1-2-3-6-16(14,15)12-8(7-4-5-7)9(10)11-13/h7-8,12-13H,2-6H2,1H3,(H2,10,11). The number of rotatable bonds is 7. The lowest BCUT2D eigenvalue weighted by Crippen LogP contribution is -2.46. The molecule has 1 aliphatic rings. The molecule has 0 spiro atoms. The molecule has 4 N–H and O–H groups in total. The van der Waals surface area contributed by atoms with Gasteiger partial charge in [0, 0.05) is 0 Å². The number of amidine groups is 1. The molecule has 1 atom stereocenters. The Hall–Kier alpha value is -0.820. The molecule has 0 amide bonds. The van der Waals surface area contributed by atoms with E-state index in [1.54, 1.807) is 0 Å². The molecule has 0 heterocycles. The molecule has 1 unspecified atom stereocenters. The van der Waals surface area contributed by atoms with Crippen molar-refractivity contribution in [2.45, 2.75) is 38.6 Å². The van der Waals surface area contributed by atoms with E-state index in [4.69, 9.17) is 10.9 Å². The summed E-state index contributed by atoms with van der Waals surface area (Å²) in [5, 5.41) is 11.5. The van der Waals surface area contributed by atoms with Crippen molar-refractivity contribution in [1.29, 1.82) is 0 Å². The highest BCUT2D eigenvalue weighted by molar-refractivity contribution is 7.89. The van der Waals surface area contributed by atoms with Crippen LogP contribution in [0.2, 0.25) is 0 Å². The van der Waals surface area contributed by atoms with Gasteiger partial charge in [-0.1, -0.05) is 18.5 Å². The lowest BCUT2D eigenvalue weighted by molar-refractivity contribution is 0.314. The third-order valence-corrected chi connectivity index (χ3v) is 4.04. The predicted molar refractivity (Wildman–Crippen MR) is 61.8 cm³/mol. The lowest BCUT2D eigenvalue weighted by Gasteiger charge is -2.16. The number of nitrogens with two attached hydrogens (primary N) is 1. The second-order valence-corrected chi connectivity index (χ2v) is 6.00. The fourth-order valence-electron chi connectivity index (χ4n) is 1.48. The topological polar surface area (TPSA) is 105 Å². The van der Waals surface area contributed by atoms with Crippen LogP contribution in [0.25, 0.3) is 0 Å². The Kier molecular flexibility index (Phi) is 4.55. The van der Waals surface area contributed by atoms with Gasteiger partial charge in [0.25, 0.3) is 0 Å². The fraction of sp³-hybridized carbons (Fsp3) is 0.889. The smallest absolute Gasteiger partial charge is 0.212 e. The maximum Gasteiger partial charge on any atom is 0.212 e. The van der Waals surface area contributed by atoms with E-state index in [2.05, 4.69) is 9.88 Å². The van der Waals surface area contributed by atoms with Crippen LogP contribution in [-0.4, -0.2) is 31.3 Å². The minimum atomic E-state index is -3.33. The minimum Gasteiger partial charge on any atom is -0.409 e. The average molecular weight is 249 g/mol. The van der Waals surface area contributed by atoms with E-state index in [1.165, 1.54) is 0 Å². The van der Waals surface area contributed by atoms with Gasteiger partial charge in [-0.3, -0.25) is 0 Å². The molecule has 0 radical (unpaired) electrons. The largest absolute Gasteiger partial charge is 0.409 e. The summed E-state index contributed by atoms with van der Waals surface area (Å²) in [7, 11) is -3.33. The van der Waals surface area contributed by atoms with Gasteiger partial charge < -0.3 is 10.9 Å². The number of unbranched alkanes of at least 4 members (excludes halogenated alkanes) is 1. The van der Waals surface area contributed by atoms with Crippen molar-refractivity contribution in [2.75, 3.05) is 5.75 Å². The molecule has 1 rings (SSSR count). The third-order valence-electron chi connectivity index (χ3n) is 2.60. The predicted octanol–water partition coefficient (Wildman–Crippen LogP) is 0.231. The van der Waals surface area contributed by atoms with Gasteiger partial charge >= 0.3 is 0 Å². The molecular formula is C9H19N3O3S. The van der Waals surface area contributed by atoms with Gasteiger partial charge in [0.2, 0.25) is 10.0 Å². The van der Waals surface area contributed by atoms with Gasteiger partial charge in [-0.2, -0.15) is 0 Å². The third kappa shape index (κ3) is 3.97. The van der Waals surface area contributed by atoms with Crippen molar-refractivity contribution < 1.29 is 13.6 Å². The summed E-state index contributed by atoms with van der Waals surface area (Å²) in [6.45, 7) is 1.93. The van der Waals surface area contributed by atoms with Crippen LogP contribution in [0, 0.1) is 5.92 Å². The molecule has 1 fully saturated rings. The monoisotopic (exact) mass is 249 g/mol. The number of hydrogen-bond acceptors (Lipinski definition) is 4. The van der Waals surface area contributed by atoms with Gasteiger partial charge in [0.15, 0.2) is 5.84 Å². The van der Waals surface area contributed by atoms with E-state index in [1.807, 2.05) is 6.92 Å². The molecule has 1 aliphatic carbocycles. The Morgan fingerprint density at radius 2 is 2.25 bits per heavy atom. The Morgan fingerprint density at radius 1 is 1.62 bits per heavy atom. The van der Waals surface area contributed by atoms with Gasteiger partial charge in [-0.05, 0) is 25.2 Å². The van der Waals surface area contributed by atoms with Crippen molar-refractivity contribution in [3.05, 3.63) is 0 Å². The first-order valence-electron chi connectivity index (χ1n) is 5.47. The van der Waals surface area contributed by atoms with E-state index in [0.717, 1.165) is 19.3 Å². The minimum absolute atomic E-state index is 0.0532. The van der Waals surface area contributed by atoms with E-state index in [9.17, 15) is 8.42 Å². The summed E-state index contributed by atoms with van der Waals surface area (Å²) >= 11 is 0. The van der Waals surface area contributed by atoms with Crippen molar-refractivity contribution in [3.8, 4) is 0 Å². The summed E-state index contributed by atoms with van der Waals surface area (Å²) in [4.78, 5) is 0. The van der Waals surface area contributed by atoms with Crippen LogP contribution in [0.4, 0.5) is 0 Å². The molecule has 0 aromatic carbocycles. The molecule has 1 saturated carbocycles. The molecule has 0 bridgehead atoms. The molecule has 0 aliphatic heterocycles. The van der Waals surface area contributed by atoms with Crippen LogP contribution in [0.5, 0.6) is 0 Å². The lowest BCUT2D eigenvalue weighted by atomic mass is 10.2.